The first-order valence-corrected chi connectivity index (χ1v) is 5.61. The highest BCUT2D eigenvalue weighted by Gasteiger charge is 2.36. The summed E-state index contributed by atoms with van der Waals surface area (Å²) in [5.74, 6) is -1.96. The lowest BCUT2D eigenvalue weighted by atomic mass is 10.2. The Morgan fingerprint density at radius 1 is 1.40 bits per heavy atom. The number of fused-ring (bicyclic) bond motifs is 1. The van der Waals surface area contributed by atoms with Crippen molar-refractivity contribution in [3.8, 4) is 11.5 Å². The molecule has 0 aromatic carbocycles. The summed E-state index contributed by atoms with van der Waals surface area (Å²) in [5, 5.41) is 0. The number of furan rings is 2. The van der Waals surface area contributed by atoms with Gasteiger partial charge in [-0.3, -0.25) is 0 Å². The fraction of sp³-hybridized carbons (Fsp3) is 0.154. The van der Waals surface area contributed by atoms with Crippen molar-refractivity contribution >= 4 is 29.1 Å². The molecular weight excluding hydrogens is 268 g/mol. The van der Waals surface area contributed by atoms with Crippen LogP contribution in [0.4, 0.5) is 0 Å². The molecule has 20 heavy (non-hydrogen) atoms. The molecule has 0 fully saturated rings. The van der Waals surface area contributed by atoms with Gasteiger partial charge in [-0.25, -0.2) is 14.4 Å². The lowest BCUT2D eigenvalue weighted by Crippen LogP contribution is -2.19. The van der Waals surface area contributed by atoms with E-state index < -0.39 is 24.5 Å². The summed E-state index contributed by atoms with van der Waals surface area (Å²) in [4.78, 5) is 34.0. The second kappa shape index (κ2) is 4.09. The topological polar surface area (TPSA) is 92.0 Å². The molecule has 7 heteroatoms. The van der Waals surface area contributed by atoms with Crippen molar-refractivity contribution in [3.63, 3.8) is 0 Å². The molecule has 3 rings (SSSR count). The van der Waals surface area contributed by atoms with Crippen molar-refractivity contribution in [2.45, 2.75) is 6.92 Å². The van der Waals surface area contributed by atoms with Gasteiger partial charge in [0.05, 0.1) is 0 Å². The number of esters is 3. The average molecular weight is 276 g/mol. The zero-order valence-corrected chi connectivity index (χ0v) is 10.3. The van der Waals surface area contributed by atoms with E-state index in [1.807, 2.05) is 0 Å². The minimum Gasteiger partial charge on any atom is -0.450 e. The molecule has 0 aliphatic carbocycles. The fourth-order valence-electron chi connectivity index (χ4n) is 1.77. The van der Waals surface area contributed by atoms with E-state index in [0.29, 0.717) is 5.56 Å². The van der Waals surface area contributed by atoms with Crippen LogP contribution in [-0.4, -0.2) is 24.5 Å². The number of rotatable bonds is 4. The third-order valence-electron chi connectivity index (χ3n) is 2.67. The van der Waals surface area contributed by atoms with Gasteiger partial charge in [0.1, 0.15) is 5.56 Å². The third-order valence-corrected chi connectivity index (χ3v) is 2.67. The first kappa shape index (κ1) is 12.2. The van der Waals surface area contributed by atoms with Gasteiger partial charge in [-0.1, -0.05) is 6.58 Å². The molecule has 1 aliphatic heterocycles. The molecule has 0 saturated carbocycles. The lowest BCUT2D eigenvalue weighted by molar-refractivity contribution is -0.150. The largest absolute Gasteiger partial charge is 0.450 e. The Morgan fingerprint density at radius 3 is 2.85 bits per heavy atom. The molecule has 2 aromatic heterocycles. The molecule has 102 valence electrons. The van der Waals surface area contributed by atoms with E-state index in [9.17, 15) is 14.4 Å². The smallest absolute Gasteiger partial charge is 0.349 e. The maximum atomic E-state index is 11.6. The molecule has 0 saturated heterocycles. The summed E-state index contributed by atoms with van der Waals surface area (Å²) in [6, 6.07) is 1.43. The predicted molar refractivity (Wildman–Crippen MR) is 63.8 cm³/mol. The van der Waals surface area contributed by atoms with E-state index in [1.165, 1.54) is 13.0 Å². The summed E-state index contributed by atoms with van der Waals surface area (Å²) in [6.07, 6.45) is 0. The Labute approximate surface area is 112 Å². The van der Waals surface area contributed by atoms with Gasteiger partial charge in [-0.2, -0.15) is 0 Å². The maximum Gasteiger partial charge on any atom is 0.349 e. The van der Waals surface area contributed by atoms with Crippen molar-refractivity contribution in [2.24, 2.45) is 0 Å². The minimum absolute atomic E-state index is 0.0194. The van der Waals surface area contributed by atoms with Gasteiger partial charge in [0.2, 0.25) is 11.5 Å². The first-order chi connectivity index (χ1) is 9.47. The molecule has 0 radical (unpaired) electrons. The molecule has 2 bridgehead atoms. The van der Waals surface area contributed by atoms with Crippen LogP contribution >= 0.6 is 0 Å². The molecule has 0 unspecified atom stereocenters. The zero-order chi connectivity index (χ0) is 14.4. The standard InChI is InChI=1S/C13H8O7/c1-5(2)12(15)17-4-8(14)19-10-7-3-6-9(18-7)11(10)20-13(6)16/h3H,1,4H2,2H3. The molecule has 0 N–H and O–H groups in total. The van der Waals surface area contributed by atoms with Crippen LogP contribution in [-0.2, 0) is 14.3 Å². The van der Waals surface area contributed by atoms with Crippen molar-refractivity contribution in [2.75, 3.05) is 6.61 Å². The van der Waals surface area contributed by atoms with Crippen molar-refractivity contribution < 1.29 is 33.0 Å². The van der Waals surface area contributed by atoms with Crippen LogP contribution in [0.25, 0.3) is 11.2 Å². The number of hydrogen-bond acceptors (Lipinski definition) is 7. The monoisotopic (exact) mass is 276 g/mol. The maximum absolute atomic E-state index is 11.6. The molecule has 7 nitrogen and oxygen atoms in total. The van der Waals surface area contributed by atoms with Crippen LogP contribution < -0.4 is 9.47 Å². The van der Waals surface area contributed by atoms with E-state index in [0.717, 1.165) is 0 Å². The van der Waals surface area contributed by atoms with Gasteiger partial charge in [0.25, 0.3) is 0 Å². The number of ether oxygens (including phenoxy) is 3. The van der Waals surface area contributed by atoms with Crippen LogP contribution in [0.3, 0.4) is 0 Å². The predicted octanol–water partition coefficient (Wildman–Crippen LogP) is 1.43. The number of carbonyl (C=O) groups is 3. The normalized spacial score (nSPS) is 12.6. The second-order valence-electron chi connectivity index (χ2n) is 4.23. The van der Waals surface area contributed by atoms with Crippen LogP contribution in [0.15, 0.2) is 22.6 Å². The van der Waals surface area contributed by atoms with E-state index in [4.69, 9.17) is 13.9 Å². The lowest BCUT2D eigenvalue weighted by Gasteiger charge is -2.04. The highest BCUT2D eigenvalue weighted by Crippen LogP contribution is 2.48. The molecular formula is C13H8O7. The third kappa shape index (κ3) is 1.71. The molecule has 0 spiro atoms. The van der Waals surface area contributed by atoms with Crippen LogP contribution in [0.1, 0.15) is 17.3 Å². The zero-order valence-electron chi connectivity index (χ0n) is 10.3. The summed E-state index contributed by atoms with van der Waals surface area (Å²) >= 11 is 0. The summed E-state index contributed by atoms with van der Waals surface area (Å²) in [7, 11) is 0. The Balaban J connectivity index is 1.70. The first-order valence-electron chi connectivity index (χ1n) is 5.61. The van der Waals surface area contributed by atoms with Gasteiger partial charge < -0.3 is 18.6 Å². The quantitative estimate of drug-likeness (QED) is 0.473. The Hall–Kier alpha value is -2.83. The molecule has 2 aromatic rings. The Kier molecular flexibility index (Phi) is 2.50. The van der Waals surface area contributed by atoms with Gasteiger partial charge in [-0.05, 0) is 6.92 Å². The van der Waals surface area contributed by atoms with Crippen LogP contribution in [0.5, 0.6) is 11.5 Å². The average Bonchev–Trinajstić information content (AvgIpc) is 3.00. The van der Waals surface area contributed by atoms with Gasteiger partial charge in [-0.15, -0.1) is 0 Å². The van der Waals surface area contributed by atoms with Gasteiger partial charge >= 0.3 is 17.9 Å². The molecule has 3 heterocycles. The number of hydrogen-bond donors (Lipinski definition) is 0. The number of benzene rings is 1. The van der Waals surface area contributed by atoms with E-state index in [1.54, 1.807) is 0 Å². The molecule has 0 amide bonds. The molecule has 1 aliphatic rings. The van der Waals surface area contributed by atoms with Crippen molar-refractivity contribution in [1.29, 1.82) is 0 Å². The number of carbonyl (C=O) groups excluding carboxylic acids is 3. The van der Waals surface area contributed by atoms with Crippen LogP contribution in [0.2, 0.25) is 0 Å². The highest BCUT2D eigenvalue weighted by atomic mass is 16.6. The highest BCUT2D eigenvalue weighted by molar-refractivity contribution is 6.10. The summed E-state index contributed by atoms with van der Waals surface area (Å²) in [6.45, 7) is 4.26. The van der Waals surface area contributed by atoms with Crippen molar-refractivity contribution in [3.05, 3.63) is 23.8 Å². The van der Waals surface area contributed by atoms with E-state index >= 15 is 0 Å². The Morgan fingerprint density at radius 2 is 2.15 bits per heavy atom. The van der Waals surface area contributed by atoms with Crippen LogP contribution in [0, 0.1) is 0 Å². The van der Waals surface area contributed by atoms with Gasteiger partial charge in [0, 0.05) is 11.6 Å². The minimum atomic E-state index is -0.816. The van der Waals surface area contributed by atoms with E-state index in [2.05, 4.69) is 11.3 Å². The Bertz CT molecular complexity index is 752. The fourth-order valence-corrected chi connectivity index (χ4v) is 1.77. The SMILES string of the molecule is C=C(C)C(=O)OCC(=O)Oc1c2c3oc1cc3C(=O)O2. The second-order valence-corrected chi connectivity index (χ2v) is 4.23. The summed E-state index contributed by atoms with van der Waals surface area (Å²) in [5.41, 5.74) is 0.969. The summed E-state index contributed by atoms with van der Waals surface area (Å²) < 4.78 is 19.8. The van der Waals surface area contributed by atoms with Gasteiger partial charge in [0.15, 0.2) is 17.8 Å². The molecule has 0 atom stereocenters. The van der Waals surface area contributed by atoms with E-state index in [-0.39, 0.29) is 28.2 Å². The van der Waals surface area contributed by atoms with Crippen molar-refractivity contribution in [1.82, 2.24) is 0 Å².